The van der Waals surface area contributed by atoms with Crippen LogP contribution >= 0.6 is 11.8 Å². The number of rotatable bonds is 4. The molecule has 114 valence electrons. The Morgan fingerprint density at radius 2 is 2.05 bits per heavy atom. The minimum Gasteiger partial charge on any atom is -0.494 e. The van der Waals surface area contributed by atoms with Crippen LogP contribution in [0.15, 0.2) is 39.8 Å². The Hall–Kier alpha value is -2.48. The Morgan fingerprint density at radius 3 is 2.73 bits per heavy atom. The summed E-state index contributed by atoms with van der Waals surface area (Å²) in [6.07, 6.45) is 3.38. The molecule has 1 aromatic carbocycles. The quantitative estimate of drug-likeness (QED) is 0.866. The predicted octanol–water partition coefficient (Wildman–Crippen LogP) is 2.39. The molecule has 1 aliphatic heterocycles. The molecule has 0 aliphatic carbocycles. The van der Waals surface area contributed by atoms with Gasteiger partial charge in [-0.05, 0) is 30.5 Å². The lowest BCUT2D eigenvalue weighted by molar-refractivity contribution is 0.102. The van der Waals surface area contributed by atoms with Crippen LogP contribution in [0.4, 0.5) is 6.01 Å². The number of hydrogen-bond acceptors (Lipinski definition) is 7. The number of hydrogen-bond donors (Lipinski definition) is 1. The highest BCUT2D eigenvalue weighted by molar-refractivity contribution is 7.98. The van der Waals surface area contributed by atoms with Crippen LogP contribution in [0.1, 0.15) is 16.2 Å². The molecule has 0 saturated heterocycles. The molecule has 22 heavy (non-hydrogen) atoms. The molecule has 1 N–H and O–H groups in total. The average molecular weight is 319 g/mol. The van der Waals surface area contributed by atoms with E-state index in [9.17, 15) is 4.79 Å². The van der Waals surface area contributed by atoms with Crippen molar-refractivity contribution in [2.75, 3.05) is 24.8 Å². The fraction of sp³-hybridized carbons (Fsp3) is 0.214. The van der Waals surface area contributed by atoms with Gasteiger partial charge in [0.05, 0.1) is 0 Å². The van der Waals surface area contributed by atoms with Crippen LogP contribution in [0.3, 0.4) is 0 Å². The van der Waals surface area contributed by atoms with Crippen LogP contribution in [0.25, 0.3) is 5.76 Å². The first kappa shape index (κ1) is 14.5. The fourth-order valence-corrected chi connectivity index (χ4v) is 2.17. The predicted molar refractivity (Wildman–Crippen MR) is 80.4 cm³/mol. The lowest BCUT2D eigenvalue weighted by atomic mass is 10.2. The third-order valence-corrected chi connectivity index (χ3v) is 3.60. The molecule has 2 heterocycles. The maximum atomic E-state index is 12.1. The van der Waals surface area contributed by atoms with Gasteiger partial charge in [-0.1, -0.05) is 5.10 Å². The van der Waals surface area contributed by atoms with E-state index in [4.69, 9.17) is 13.9 Å². The van der Waals surface area contributed by atoms with Crippen LogP contribution in [0.5, 0.6) is 0 Å². The molecule has 0 radical (unpaired) electrons. The Balaban J connectivity index is 1.68. The number of anilines is 1. The van der Waals surface area contributed by atoms with Crippen LogP contribution in [0, 0.1) is 0 Å². The lowest BCUT2D eigenvalue weighted by Crippen LogP contribution is -2.11. The van der Waals surface area contributed by atoms with Gasteiger partial charge in [0, 0.05) is 10.5 Å². The Kier molecular flexibility index (Phi) is 4.29. The van der Waals surface area contributed by atoms with E-state index in [1.807, 2.05) is 18.4 Å². The molecule has 7 nitrogen and oxygen atoms in total. The largest absolute Gasteiger partial charge is 0.494 e. The van der Waals surface area contributed by atoms with E-state index in [1.165, 1.54) is 6.26 Å². The summed E-state index contributed by atoms with van der Waals surface area (Å²) in [7, 11) is 0. The third kappa shape index (κ3) is 3.22. The number of aromatic nitrogens is 2. The normalized spacial score (nSPS) is 13.8. The number of nitrogens with zero attached hydrogens (tertiary/aromatic N) is 2. The van der Waals surface area contributed by atoms with Crippen molar-refractivity contribution >= 4 is 29.4 Å². The second-order valence-corrected chi connectivity index (χ2v) is 5.18. The molecule has 1 amide bonds. The van der Waals surface area contributed by atoms with Crippen molar-refractivity contribution in [3.05, 3.63) is 42.0 Å². The molecule has 8 heteroatoms. The highest BCUT2D eigenvalue weighted by atomic mass is 32.2. The van der Waals surface area contributed by atoms with Crippen molar-refractivity contribution < 1.29 is 18.7 Å². The molecule has 1 aliphatic rings. The number of nitrogens with one attached hydrogen (secondary N) is 1. The molecule has 0 unspecified atom stereocenters. The van der Waals surface area contributed by atoms with Crippen molar-refractivity contribution in [1.82, 2.24) is 10.2 Å². The van der Waals surface area contributed by atoms with Gasteiger partial charge in [0.2, 0.25) is 5.76 Å². The number of carbonyl (C=O) groups is 1. The molecule has 0 atom stereocenters. The van der Waals surface area contributed by atoms with Gasteiger partial charge < -0.3 is 13.9 Å². The highest BCUT2D eigenvalue weighted by Crippen LogP contribution is 2.20. The summed E-state index contributed by atoms with van der Waals surface area (Å²) >= 11 is 1.61. The van der Waals surface area contributed by atoms with Gasteiger partial charge in [-0.2, -0.15) is 0 Å². The molecule has 3 rings (SSSR count). The summed E-state index contributed by atoms with van der Waals surface area (Å²) in [5, 5.41) is 10.1. The Bertz CT molecular complexity index is 696. The average Bonchev–Trinajstić information content (AvgIpc) is 3.04. The lowest BCUT2D eigenvalue weighted by Gasteiger charge is -2.11. The van der Waals surface area contributed by atoms with E-state index in [0.29, 0.717) is 24.5 Å². The minimum absolute atomic E-state index is 0.00372. The number of thioether (sulfide) groups is 1. The summed E-state index contributed by atoms with van der Waals surface area (Å²) < 4.78 is 15.8. The summed E-state index contributed by atoms with van der Waals surface area (Å²) in [6.45, 7) is 0.894. The van der Waals surface area contributed by atoms with E-state index >= 15 is 0 Å². The third-order valence-electron chi connectivity index (χ3n) is 2.86. The Morgan fingerprint density at radius 1 is 1.23 bits per heavy atom. The van der Waals surface area contributed by atoms with Crippen LogP contribution < -0.4 is 5.32 Å². The molecule has 2 aromatic rings. The summed E-state index contributed by atoms with van der Waals surface area (Å²) in [6, 6.07) is 7.22. The summed E-state index contributed by atoms with van der Waals surface area (Å²) in [5.41, 5.74) is 0.508. The second kappa shape index (κ2) is 6.52. The second-order valence-electron chi connectivity index (χ2n) is 4.30. The van der Waals surface area contributed by atoms with E-state index in [0.717, 1.165) is 4.90 Å². The van der Waals surface area contributed by atoms with Crippen molar-refractivity contribution in [3.8, 4) is 0 Å². The van der Waals surface area contributed by atoms with Crippen molar-refractivity contribution in [2.24, 2.45) is 0 Å². The van der Waals surface area contributed by atoms with Crippen molar-refractivity contribution in [2.45, 2.75) is 4.90 Å². The Labute approximate surface area is 130 Å². The zero-order chi connectivity index (χ0) is 15.4. The number of benzene rings is 1. The SMILES string of the molecule is CSc1ccc(C(=O)Nc2nnc(C3=COCCO3)o2)cc1. The molecule has 1 aromatic heterocycles. The topological polar surface area (TPSA) is 86.5 Å². The first-order chi connectivity index (χ1) is 10.8. The minimum atomic E-state index is -0.322. The summed E-state index contributed by atoms with van der Waals surface area (Å²) in [5.74, 6) is 0.189. The first-order valence-electron chi connectivity index (χ1n) is 6.50. The maximum Gasteiger partial charge on any atom is 0.322 e. The molecular weight excluding hydrogens is 306 g/mol. The van der Waals surface area contributed by atoms with E-state index in [2.05, 4.69) is 15.5 Å². The van der Waals surface area contributed by atoms with Gasteiger partial charge in [-0.15, -0.1) is 16.9 Å². The summed E-state index contributed by atoms with van der Waals surface area (Å²) in [4.78, 5) is 13.2. The number of amides is 1. The van der Waals surface area contributed by atoms with Crippen LogP contribution in [0.2, 0.25) is 0 Å². The van der Waals surface area contributed by atoms with Crippen LogP contribution in [-0.4, -0.2) is 35.6 Å². The van der Waals surface area contributed by atoms with Crippen molar-refractivity contribution in [3.63, 3.8) is 0 Å². The smallest absolute Gasteiger partial charge is 0.322 e. The monoisotopic (exact) mass is 319 g/mol. The molecular formula is C14H13N3O4S. The van der Waals surface area contributed by atoms with Gasteiger partial charge in [0.25, 0.3) is 11.8 Å². The van der Waals surface area contributed by atoms with Gasteiger partial charge in [0.15, 0.2) is 0 Å². The van der Waals surface area contributed by atoms with Crippen LogP contribution in [-0.2, 0) is 9.47 Å². The first-order valence-corrected chi connectivity index (χ1v) is 7.72. The zero-order valence-corrected chi connectivity index (χ0v) is 12.6. The molecule has 0 spiro atoms. The maximum absolute atomic E-state index is 12.1. The van der Waals surface area contributed by atoms with Gasteiger partial charge in [-0.25, -0.2) is 0 Å². The van der Waals surface area contributed by atoms with E-state index < -0.39 is 0 Å². The molecule has 0 bridgehead atoms. The van der Waals surface area contributed by atoms with Gasteiger partial charge in [0.1, 0.15) is 19.5 Å². The van der Waals surface area contributed by atoms with Gasteiger partial charge >= 0.3 is 6.01 Å². The number of carbonyl (C=O) groups excluding carboxylic acids is 1. The van der Waals surface area contributed by atoms with Gasteiger partial charge in [-0.3, -0.25) is 10.1 Å². The fourth-order valence-electron chi connectivity index (χ4n) is 1.77. The zero-order valence-electron chi connectivity index (χ0n) is 11.7. The molecule has 0 fully saturated rings. The number of ether oxygens (including phenoxy) is 2. The molecule has 0 saturated carbocycles. The van der Waals surface area contributed by atoms with Crippen molar-refractivity contribution in [1.29, 1.82) is 0 Å². The standard InChI is InChI=1S/C14H13N3O4S/c1-22-10-4-2-9(3-5-10)12(18)15-14-17-16-13(21-14)11-8-19-6-7-20-11/h2-5,8H,6-7H2,1H3,(H,15,17,18). The highest BCUT2D eigenvalue weighted by Gasteiger charge is 2.17. The van der Waals surface area contributed by atoms with E-state index in [-0.39, 0.29) is 17.8 Å². The van der Waals surface area contributed by atoms with E-state index in [1.54, 1.807) is 23.9 Å².